The topological polar surface area (TPSA) is 89.2 Å². The third kappa shape index (κ3) is 4.21. The highest BCUT2D eigenvalue weighted by molar-refractivity contribution is 6.46. The SMILES string of the molecule is C=CCOc1cccc([C@@H]2/C(=C(\O)c3ccc4c(c3)C[C@@H](C)O4)C(=O)C(=O)N2Cc2ccco2)c1. The molecule has 1 saturated heterocycles. The zero-order chi connectivity index (χ0) is 24.5. The van der Waals surface area contributed by atoms with Crippen LogP contribution in [-0.2, 0) is 22.6 Å². The van der Waals surface area contributed by atoms with Crippen molar-refractivity contribution in [1.82, 2.24) is 4.90 Å². The molecule has 0 saturated carbocycles. The highest BCUT2D eigenvalue weighted by Gasteiger charge is 2.46. The van der Waals surface area contributed by atoms with Crippen molar-refractivity contribution < 1.29 is 28.6 Å². The smallest absolute Gasteiger partial charge is 0.296 e. The van der Waals surface area contributed by atoms with Crippen LogP contribution in [0.5, 0.6) is 11.5 Å². The van der Waals surface area contributed by atoms with E-state index in [9.17, 15) is 14.7 Å². The summed E-state index contributed by atoms with van der Waals surface area (Å²) in [4.78, 5) is 27.9. The lowest BCUT2D eigenvalue weighted by Gasteiger charge is -2.25. The van der Waals surface area contributed by atoms with E-state index in [1.165, 1.54) is 11.2 Å². The van der Waals surface area contributed by atoms with Crippen LogP contribution in [0.15, 0.2) is 83.5 Å². The van der Waals surface area contributed by atoms with Crippen LogP contribution in [0.2, 0.25) is 0 Å². The number of Topliss-reactive ketones (excluding diaryl/α,β-unsaturated/α-hetero) is 1. The number of aliphatic hydroxyl groups excluding tert-OH is 1. The van der Waals surface area contributed by atoms with Crippen LogP contribution >= 0.6 is 0 Å². The molecular weight excluding hydrogens is 446 g/mol. The second-order valence-corrected chi connectivity index (χ2v) is 8.63. The number of carbonyl (C=O) groups is 2. The maximum absolute atomic E-state index is 13.3. The fraction of sp³-hybridized carbons (Fsp3) is 0.214. The summed E-state index contributed by atoms with van der Waals surface area (Å²) in [5, 5.41) is 11.4. The van der Waals surface area contributed by atoms with Gasteiger partial charge in [-0.25, -0.2) is 0 Å². The minimum Gasteiger partial charge on any atom is -0.507 e. The number of hydrogen-bond donors (Lipinski definition) is 1. The average Bonchev–Trinajstić information content (AvgIpc) is 3.56. The summed E-state index contributed by atoms with van der Waals surface area (Å²) in [6, 6.07) is 15.1. The molecule has 2 aliphatic rings. The maximum atomic E-state index is 13.3. The second kappa shape index (κ2) is 9.18. The lowest BCUT2D eigenvalue weighted by atomic mass is 9.94. The number of aliphatic hydroxyl groups is 1. The van der Waals surface area contributed by atoms with Gasteiger partial charge in [0.15, 0.2) is 0 Å². The summed E-state index contributed by atoms with van der Waals surface area (Å²) < 4.78 is 16.9. The van der Waals surface area contributed by atoms with Gasteiger partial charge in [-0.2, -0.15) is 0 Å². The van der Waals surface area contributed by atoms with Gasteiger partial charge in [0.2, 0.25) is 0 Å². The largest absolute Gasteiger partial charge is 0.507 e. The molecule has 1 N–H and O–H groups in total. The Labute approximate surface area is 202 Å². The van der Waals surface area contributed by atoms with Crippen molar-refractivity contribution in [1.29, 1.82) is 0 Å². The molecule has 0 spiro atoms. The molecule has 2 aromatic carbocycles. The van der Waals surface area contributed by atoms with Gasteiger partial charge in [-0.15, -0.1) is 0 Å². The Balaban J connectivity index is 1.62. The number of hydrogen-bond acceptors (Lipinski definition) is 6. The molecule has 35 heavy (non-hydrogen) atoms. The van der Waals surface area contributed by atoms with Gasteiger partial charge < -0.3 is 23.9 Å². The fourth-order valence-corrected chi connectivity index (χ4v) is 4.61. The summed E-state index contributed by atoms with van der Waals surface area (Å²) in [6.45, 7) is 6.03. The van der Waals surface area contributed by atoms with E-state index >= 15 is 0 Å². The number of furan rings is 1. The van der Waals surface area contributed by atoms with Gasteiger partial charge >= 0.3 is 0 Å². The monoisotopic (exact) mass is 471 g/mol. The van der Waals surface area contributed by atoms with Crippen LogP contribution in [0.3, 0.4) is 0 Å². The summed E-state index contributed by atoms with van der Waals surface area (Å²) in [5.74, 6) is 0.172. The molecule has 7 heteroatoms. The van der Waals surface area contributed by atoms with Crippen molar-refractivity contribution in [3.63, 3.8) is 0 Å². The highest BCUT2D eigenvalue weighted by atomic mass is 16.5. The van der Waals surface area contributed by atoms with Crippen molar-refractivity contribution in [2.24, 2.45) is 0 Å². The normalized spacial score (nSPS) is 20.5. The number of likely N-dealkylation sites (tertiary alicyclic amines) is 1. The number of fused-ring (bicyclic) bond motifs is 1. The molecule has 0 unspecified atom stereocenters. The van der Waals surface area contributed by atoms with Crippen LogP contribution in [0.4, 0.5) is 0 Å². The molecule has 0 bridgehead atoms. The van der Waals surface area contributed by atoms with E-state index in [1.54, 1.807) is 54.6 Å². The Morgan fingerprint density at radius 2 is 2.06 bits per heavy atom. The first-order valence-electron chi connectivity index (χ1n) is 11.4. The minimum atomic E-state index is -0.823. The summed E-state index contributed by atoms with van der Waals surface area (Å²) in [7, 11) is 0. The molecule has 178 valence electrons. The molecule has 0 radical (unpaired) electrons. The molecule has 2 atom stereocenters. The predicted octanol–water partition coefficient (Wildman–Crippen LogP) is 4.79. The number of ether oxygens (including phenoxy) is 2. The van der Waals surface area contributed by atoms with E-state index in [2.05, 4.69) is 6.58 Å². The third-order valence-electron chi connectivity index (χ3n) is 6.16. The number of amides is 1. The van der Waals surface area contributed by atoms with Crippen LogP contribution in [0, 0.1) is 0 Å². The molecule has 5 rings (SSSR count). The van der Waals surface area contributed by atoms with E-state index in [-0.39, 0.29) is 24.0 Å². The molecule has 2 aliphatic heterocycles. The van der Waals surface area contributed by atoms with Crippen LogP contribution in [-0.4, -0.2) is 34.4 Å². The van der Waals surface area contributed by atoms with Gasteiger partial charge in [-0.3, -0.25) is 9.59 Å². The van der Waals surface area contributed by atoms with E-state index in [0.29, 0.717) is 35.7 Å². The molecule has 1 aromatic heterocycles. The minimum absolute atomic E-state index is 0.0225. The van der Waals surface area contributed by atoms with E-state index in [1.807, 2.05) is 13.0 Å². The molecule has 7 nitrogen and oxygen atoms in total. The summed E-state index contributed by atoms with van der Waals surface area (Å²) >= 11 is 0. The number of benzene rings is 2. The molecule has 3 heterocycles. The first-order valence-corrected chi connectivity index (χ1v) is 11.4. The van der Waals surface area contributed by atoms with Crippen LogP contribution in [0.1, 0.15) is 35.4 Å². The Morgan fingerprint density at radius 1 is 1.20 bits per heavy atom. The summed E-state index contributed by atoms with van der Waals surface area (Å²) in [5.41, 5.74) is 2.07. The average molecular weight is 472 g/mol. The zero-order valence-corrected chi connectivity index (χ0v) is 19.3. The van der Waals surface area contributed by atoms with Crippen molar-refractivity contribution in [2.75, 3.05) is 6.61 Å². The highest BCUT2D eigenvalue weighted by Crippen LogP contribution is 2.42. The third-order valence-corrected chi connectivity index (χ3v) is 6.16. The van der Waals surface area contributed by atoms with Crippen molar-refractivity contribution >= 4 is 17.4 Å². The zero-order valence-electron chi connectivity index (χ0n) is 19.3. The van der Waals surface area contributed by atoms with E-state index in [4.69, 9.17) is 13.9 Å². The van der Waals surface area contributed by atoms with Crippen LogP contribution < -0.4 is 9.47 Å². The van der Waals surface area contributed by atoms with Gasteiger partial charge in [0.25, 0.3) is 11.7 Å². The lowest BCUT2D eigenvalue weighted by molar-refractivity contribution is -0.140. The van der Waals surface area contributed by atoms with Gasteiger partial charge in [-0.05, 0) is 60.5 Å². The standard InChI is InChI=1S/C28H25NO6/c1-3-11-33-21-7-4-6-18(15-21)25-24(27(31)28(32)29(25)16-22-8-5-12-34-22)26(30)19-9-10-23-20(14-19)13-17(2)35-23/h3-10,12,14-15,17,25,30H,1,11,13,16H2,2H3/b26-24+/t17-,25-/m1/s1. The van der Waals surface area contributed by atoms with Crippen LogP contribution in [0.25, 0.3) is 5.76 Å². The first kappa shape index (κ1) is 22.5. The van der Waals surface area contributed by atoms with Crippen molar-refractivity contribution in [3.05, 3.63) is 102 Å². The van der Waals surface area contributed by atoms with Gasteiger partial charge in [0.05, 0.1) is 24.4 Å². The lowest BCUT2D eigenvalue weighted by Crippen LogP contribution is -2.29. The fourth-order valence-electron chi connectivity index (χ4n) is 4.61. The molecule has 0 aliphatic carbocycles. The Kier molecular flexibility index (Phi) is 5.91. The quantitative estimate of drug-likeness (QED) is 0.231. The Hall–Kier alpha value is -4.26. The predicted molar refractivity (Wildman–Crippen MR) is 129 cm³/mol. The molecular formula is C28H25NO6. The second-order valence-electron chi connectivity index (χ2n) is 8.63. The number of rotatable bonds is 7. The van der Waals surface area contributed by atoms with Crippen molar-refractivity contribution in [2.45, 2.75) is 32.0 Å². The van der Waals surface area contributed by atoms with E-state index in [0.717, 1.165) is 11.3 Å². The number of ketones is 1. The molecule has 1 amide bonds. The van der Waals surface area contributed by atoms with Gasteiger partial charge in [0.1, 0.15) is 35.7 Å². The molecule has 1 fully saturated rings. The Bertz CT molecular complexity index is 1320. The van der Waals surface area contributed by atoms with Gasteiger partial charge in [-0.1, -0.05) is 24.8 Å². The number of nitrogens with zero attached hydrogens (tertiary/aromatic N) is 1. The van der Waals surface area contributed by atoms with Gasteiger partial charge in [0, 0.05) is 12.0 Å². The maximum Gasteiger partial charge on any atom is 0.296 e. The van der Waals surface area contributed by atoms with E-state index < -0.39 is 17.7 Å². The summed E-state index contributed by atoms with van der Waals surface area (Å²) in [6.07, 6.45) is 3.89. The first-order chi connectivity index (χ1) is 17.0. The van der Waals surface area contributed by atoms with Crippen molar-refractivity contribution in [3.8, 4) is 11.5 Å². The molecule has 3 aromatic rings. The Morgan fingerprint density at radius 3 is 2.83 bits per heavy atom. The number of carbonyl (C=O) groups excluding carboxylic acids is 2.